The number of nitrogens with two attached hydrogens (primary N) is 1. The number of hydrogen-bond donors (Lipinski definition) is 1. The SMILES string of the molecule is CC(C)(N)C(=O)N1C[C@H]2CC[C@@H]1CN(CCCc1ccccc1)C2.Cl.Cl. The highest BCUT2D eigenvalue weighted by atomic mass is 35.5. The number of benzene rings is 1. The minimum atomic E-state index is -0.761. The van der Waals surface area contributed by atoms with Crippen LogP contribution in [0.3, 0.4) is 0 Å². The Morgan fingerprint density at radius 3 is 2.46 bits per heavy atom. The molecule has 148 valence electrons. The molecule has 3 aliphatic heterocycles. The van der Waals surface area contributed by atoms with Crippen molar-refractivity contribution in [1.82, 2.24) is 9.80 Å². The molecule has 0 aliphatic carbocycles. The van der Waals surface area contributed by atoms with Crippen LogP contribution in [0.2, 0.25) is 0 Å². The van der Waals surface area contributed by atoms with E-state index in [0.29, 0.717) is 12.0 Å². The molecule has 3 saturated heterocycles. The molecule has 3 fully saturated rings. The van der Waals surface area contributed by atoms with Crippen molar-refractivity contribution in [1.29, 1.82) is 0 Å². The van der Waals surface area contributed by atoms with Gasteiger partial charge in [-0.3, -0.25) is 4.79 Å². The first kappa shape index (κ1) is 23.2. The number of amides is 1. The van der Waals surface area contributed by atoms with Crippen LogP contribution >= 0.6 is 24.8 Å². The van der Waals surface area contributed by atoms with Gasteiger partial charge in [0.25, 0.3) is 0 Å². The summed E-state index contributed by atoms with van der Waals surface area (Å²) in [6.45, 7) is 7.79. The molecule has 1 amide bonds. The molecule has 3 heterocycles. The molecule has 1 aromatic rings. The fourth-order valence-corrected chi connectivity index (χ4v) is 4.13. The van der Waals surface area contributed by atoms with E-state index in [9.17, 15) is 4.79 Å². The van der Waals surface area contributed by atoms with E-state index in [4.69, 9.17) is 5.73 Å². The molecule has 0 spiro atoms. The Morgan fingerprint density at radius 1 is 1.12 bits per heavy atom. The summed E-state index contributed by atoms with van der Waals surface area (Å²) in [4.78, 5) is 17.3. The average molecular weight is 402 g/mol. The Labute approximate surface area is 170 Å². The van der Waals surface area contributed by atoms with Crippen molar-refractivity contribution >= 4 is 30.7 Å². The van der Waals surface area contributed by atoms with Gasteiger partial charge in [0.2, 0.25) is 5.91 Å². The predicted octanol–water partition coefficient (Wildman–Crippen LogP) is 3.12. The van der Waals surface area contributed by atoms with Crippen molar-refractivity contribution in [2.45, 2.75) is 51.1 Å². The van der Waals surface area contributed by atoms with Gasteiger partial charge in [-0.15, -0.1) is 24.8 Å². The van der Waals surface area contributed by atoms with Crippen LogP contribution in [-0.4, -0.2) is 53.5 Å². The fraction of sp³-hybridized carbons (Fsp3) is 0.650. The Balaban J connectivity index is 0.00000169. The molecular formula is C20H33Cl2N3O. The first-order valence-electron chi connectivity index (χ1n) is 9.29. The Bertz CT molecular complexity index is 562. The first-order valence-corrected chi connectivity index (χ1v) is 9.29. The Hall–Kier alpha value is -0.810. The second-order valence-electron chi connectivity index (χ2n) is 8.13. The number of carbonyl (C=O) groups excluding carboxylic acids is 1. The number of nitrogens with zero attached hydrogens (tertiary/aromatic N) is 2. The van der Waals surface area contributed by atoms with Gasteiger partial charge in [0, 0.05) is 25.7 Å². The van der Waals surface area contributed by atoms with Crippen molar-refractivity contribution < 1.29 is 4.79 Å². The van der Waals surface area contributed by atoms with Gasteiger partial charge in [-0.25, -0.2) is 0 Å². The molecule has 0 saturated carbocycles. The zero-order valence-corrected chi connectivity index (χ0v) is 17.5. The van der Waals surface area contributed by atoms with Gasteiger partial charge in [0.05, 0.1) is 5.54 Å². The van der Waals surface area contributed by atoms with Crippen LogP contribution in [0.1, 0.15) is 38.7 Å². The number of rotatable bonds is 5. The summed E-state index contributed by atoms with van der Waals surface area (Å²) < 4.78 is 0. The molecule has 2 atom stereocenters. The molecule has 2 N–H and O–H groups in total. The molecule has 4 nitrogen and oxygen atoms in total. The van der Waals surface area contributed by atoms with Gasteiger partial charge in [-0.1, -0.05) is 30.3 Å². The second kappa shape index (κ2) is 9.93. The van der Waals surface area contributed by atoms with Crippen molar-refractivity contribution in [3.05, 3.63) is 35.9 Å². The number of halogens is 2. The highest BCUT2D eigenvalue weighted by molar-refractivity contribution is 5.86. The minimum absolute atomic E-state index is 0. The topological polar surface area (TPSA) is 49.6 Å². The van der Waals surface area contributed by atoms with E-state index < -0.39 is 5.54 Å². The van der Waals surface area contributed by atoms with Crippen molar-refractivity contribution in [2.75, 3.05) is 26.2 Å². The highest BCUT2D eigenvalue weighted by Crippen LogP contribution is 2.29. The average Bonchev–Trinajstić information content (AvgIpc) is 2.85. The number of carbonyl (C=O) groups is 1. The van der Waals surface area contributed by atoms with Crippen LogP contribution in [0, 0.1) is 5.92 Å². The molecule has 0 radical (unpaired) electrons. The van der Waals surface area contributed by atoms with E-state index in [2.05, 4.69) is 40.1 Å². The zero-order valence-electron chi connectivity index (χ0n) is 15.9. The van der Waals surface area contributed by atoms with Crippen LogP contribution in [0.5, 0.6) is 0 Å². The predicted molar refractivity (Wildman–Crippen MR) is 112 cm³/mol. The third kappa shape index (κ3) is 5.85. The molecule has 4 rings (SSSR count). The standard InChI is InChI=1S/C20H31N3O.2ClH/c1-20(2,21)19(24)23-14-17-10-11-18(23)15-22(13-17)12-6-9-16-7-4-3-5-8-16;;/h3-5,7-8,17-18H,6,9-15,21H2,1-2H3;2*1H/t17-,18+;;/m0../s1. The summed E-state index contributed by atoms with van der Waals surface area (Å²) in [6.07, 6.45) is 4.68. The highest BCUT2D eigenvalue weighted by Gasteiger charge is 2.40. The molecule has 0 aromatic heterocycles. The van der Waals surface area contributed by atoms with E-state index >= 15 is 0 Å². The number of hydrogen-bond acceptors (Lipinski definition) is 3. The largest absolute Gasteiger partial charge is 0.337 e. The molecule has 3 aliphatic rings. The Kier molecular flexibility index (Phi) is 8.87. The minimum Gasteiger partial charge on any atom is -0.337 e. The van der Waals surface area contributed by atoms with Crippen molar-refractivity contribution in [3.63, 3.8) is 0 Å². The van der Waals surface area contributed by atoms with Gasteiger partial charge >= 0.3 is 0 Å². The molecule has 1 aromatic carbocycles. The molecule has 26 heavy (non-hydrogen) atoms. The molecule has 2 bridgehead atoms. The summed E-state index contributed by atoms with van der Waals surface area (Å²) in [5.74, 6) is 0.718. The van der Waals surface area contributed by atoms with Gasteiger partial charge < -0.3 is 15.5 Å². The van der Waals surface area contributed by atoms with Gasteiger partial charge in [-0.2, -0.15) is 0 Å². The lowest BCUT2D eigenvalue weighted by Crippen LogP contribution is -2.57. The second-order valence-corrected chi connectivity index (χ2v) is 8.13. The maximum absolute atomic E-state index is 12.7. The first-order chi connectivity index (χ1) is 11.4. The van der Waals surface area contributed by atoms with E-state index in [1.165, 1.54) is 18.4 Å². The van der Waals surface area contributed by atoms with Gasteiger partial charge in [-0.05, 0) is 57.6 Å². The summed E-state index contributed by atoms with van der Waals surface area (Å²) in [5.41, 5.74) is 6.72. The monoisotopic (exact) mass is 401 g/mol. The summed E-state index contributed by atoms with van der Waals surface area (Å²) >= 11 is 0. The van der Waals surface area contributed by atoms with Crippen LogP contribution in [0.15, 0.2) is 30.3 Å². The van der Waals surface area contributed by atoms with E-state index in [-0.39, 0.29) is 30.7 Å². The lowest BCUT2D eigenvalue weighted by Gasteiger charge is -2.39. The van der Waals surface area contributed by atoms with Crippen LogP contribution in [0.25, 0.3) is 0 Å². The third-order valence-corrected chi connectivity index (χ3v) is 5.38. The van der Waals surface area contributed by atoms with Gasteiger partial charge in [0.15, 0.2) is 0 Å². The van der Waals surface area contributed by atoms with Gasteiger partial charge in [0.1, 0.15) is 0 Å². The number of aryl methyl sites for hydroxylation is 1. The molecule has 6 heteroatoms. The van der Waals surface area contributed by atoms with Crippen molar-refractivity contribution in [3.8, 4) is 0 Å². The molecule has 0 unspecified atom stereocenters. The Morgan fingerprint density at radius 2 is 1.81 bits per heavy atom. The zero-order chi connectivity index (χ0) is 17.2. The maximum atomic E-state index is 12.7. The van der Waals surface area contributed by atoms with E-state index in [1.54, 1.807) is 0 Å². The smallest absolute Gasteiger partial charge is 0.242 e. The number of piperidine rings is 1. The summed E-state index contributed by atoms with van der Waals surface area (Å²) in [7, 11) is 0. The molecular weight excluding hydrogens is 369 g/mol. The fourth-order valence-electron chi connectivity index (χ4n) is 4.13. The lowest BCUT2D eigenvalue weighted by atomic mass is 9.92. The summed E-state index contributed by atoms with van der Waals surface area (Å²) in [5, 5.41) is 0. The van der Waals surface area contributed by atoms with Crippen LogP contribution in [-0.2, 0) is 11.2 Å². The maximum Gasteiger partial charge on any atom is 0.242 e. The van der Waals surface area contributed by atoms with E-state index in [1.807, 2.05) is 13.8 Å². The van der Waals surface area contributed by atoms with Crippen LogP contribution in [0.4, 0.5) is 0 Å². The summed E-state index contributed by atoms with van der Waals surface area (Å²) in [6, 6.07) is 11.0. The normalized spacial score (nSPS) is 23.0. The third-order valence-electron chi connectivity index (χ3n) is 5.38. The van der Waals surface area contributed by atoms with E-state index in [0.717, 1.165) is 39.0 Å². The quantitative estimate of drug-likeness (QED) is 0.824. The lowest BCUT2D eigenvalue weighted by molar-refractivity contribution is -0.140. The van der Waals surface area contributed by atoms with Crippen LogP contribution < -0.4 is 5.73 Å². The number of fused-ring (bicyclic) bond motifs is 4. The van der Waals surface area contributed by atoms with Crippen molar-refractivity contribution in [2.24, 2.45) is 11.7 Å².